The minimum Gasteiger partial charge on any atom is -0.381 e. The Morgan fingerprint density at radius 1 is 1.13 bits per heavy atom. The Bertz CT molecular complexity index is 165. The zero-order valence-corrected chi connectivity index (χ0v) is 9.54. The third kappa shape index (κ3) is 4.96. The van der Waals surface area contributed by atoms with E-state index >= 15 is 0 Å². The quantitative estimate of drug-likeness (QED) is 0.619. The molecule has 2 rings (SSSR count). The topological polar surface area (TPSA) is 30.5 Å². The van der Waals surface area contributed by atoms with Gasteiger partial charge in [-0.2, -0.15) is 0 Å². The van der Waals surface area contributed by atoms with Gasteiger partial charge < -0.3 is 14.8 Å². The molecule has 88 valence electrons. The van der Waals surface area contributed by atoms with Crippen LogP contribution in [0.2, 0.25) is 0 Å². The van der Waals surface area contributed by atoms with E-state index < -0.39 is 0 Å². The van der Waals surface area contributed by atoms with Crippen LogP contribution in [0, 0.1) is 11.8 Å². The second-order valence-electron chi connectivity index (χ2n) is 4.78. The molecule has 0 bridgehead atoms. The van der Waals surface area contributed by atoms with E-state index in [-0.39, 0.29) is 0 Å². The largest absolute Gasteiger partial charge is 0.381 e. The molecular weight excluding hydrogens is 190 g/mol. The van der Waals surface area contributed by atoms with Crippen molar-refractivity contribution in [1.29, 1.82) is 0 Å². The molecule has 1 aliphatic heterocycles. The van der Waals surface area contributed by atoms with Crippen LogP contribution in [0.25, 0.3) is 0 Å². The van der Waals surface area contributed by atoms with Crippen LogP contribution < -0.4 is 5.32 Å². The standard InChI is InChI=1S/C12H23NO2/c1-2-11(1)3-6-14-8-5-13-9-12-4-7-15-10-12/h11-13H,1-10H2. The predicted molar refractivity (Wildman–Crippen MR) is 60.0 cm³/mol. The van der Waals surface area contributed by atoms with Gasteiger partial charge in [-0.05, 0) is 24.7 Å². The molecule has 0 aromatic rings. The lowest BCUT2D eigenvalue weighted by molar-refractivity contribution is 0.128. The Morgan fingerprint density at radius 2 is 2.07 bits per heavy atom. The van der Waals surface area contributed by atoms with E-state index in [9.17, 15) is 0 Å². The molecule has 1 N–H and O–H groups in total. The highest BCUT2D eigenvalue weighted by Gasteiger charge is 2.20. The normalized spacial score (nSPS) is 26.0. The summed E-state index contributed by atoms with van der Waals surface area (Å²) in [6.07, 6.45) is 5.36. The van der Waals surface area contributed by atoms with Gasteiger partial charge in [0.2, 0.25) is 0 Å². The average molecular weight is 213 g/mol. The molecule has 2 fully saturated rings. The fourth-order valence-corrected chi connectivity index (χ4v) is 1.95. The van der Waals surface area contributed by atoms with Gasteiger partial charge in [0.1, 0.15) is 0 Å². The molecule has 0 radical (unpaired) electrons. The van der Waals surface area contributed by atoms with Crippen LogP contribution in [0.4, 0.5) is 0 Å². The summed E-state index contributed by atoms with van der Waals surface area (Å²) in [5, 5.41) is 3.43. The van der Waals surface area contributed by atoms with E-state index in [1.54, 1.807) is 0 Å². The Balaban J connectivity index is 1.32. The summed E-state index contributed by atoms with van der Waals surface area (Å²) < 4.78 is 10.9. The van der Waals surface area contributed by atoms with Crippen LogP contribution in [0.3, 0.4) is 0 Å². The van der Waals surface area contributed by atoms with Crippen LogP contribution in [0.15, 0.2) is 0 Å². The maximum absolute atomic E-state index is 5.56. The summed E-state index contributed by atoms with van der Waals surface area (Å²) >= 11 is 0. The maximum Gasteiger partial charge on any atom is 0.0590 e. The van der Waals surface area contributed by atoms with E-state index in [1.165, 1.54) is 25.7 Å². The lowest BCUT2D eigenvalue weighted by Gasteiger charge is -2.09. The monoisotopic (exact) mass is 213 g/mol. The Labute approximate surface area is 92.5 Å². The molecular formula is C12H23NO2. The maximum atomic E-state index is 5.56. The van der Waals surface area contributed by atoms with Crippen LogP contribution in [0.1, 0.15) is 25.7 Å². The van der Waals surface area contributed by atoms with Crippen molar-refractivity contribution in [2.45, 2.75) is 25.7 Å². The molecule has 2 aliphatic rings. The zero-order chi connectivity index (χ0) is 10.3. The molecule has 0 aromatic carbocycles. The van der Waals surface area contributed by atoms with Crippen molar-refractivity contribution >= 4 is 0 Å². The average Bonchev–Trinajstić information content (AvgIpc) is 2.92. The molecule has 0 aromatic heterocycles. The Kier molecular flexibility index (Phi) is 4.90. The predicted octanol–water partition coefficient (Wildman–Crippen LogP) is 1.43. The molecule has 15 heavy (non-hydrogen) atoms. The Hall–Kier alpha value is -0.120. The summed E-state index contributed by atoms with van der Waals surface area (Å²) in [6.45, 7) is 5.78. The zero-order valence-electron chi connectivity index (χ0n) is 9.54. The van der Waals surface area contributed by atoms with Crippen molar-refractivity contribution in [3.63, 3.8) is 0 Å². The summed E-state index contributed by atoms with van der Waals surface area (Å²) in [6, 6.07) is 0. The summed E-state index contributed by atoms with van der Waals surface area (Å²) in [4.78, 5) is 0. The van der Waals surface area contributed by atoms with E-state index in [2.05, 4.69) is 5.32 Å². The van der Waals surface area contributed by atoms with Crippen molar-refractivity contribution in [3.8, 4) is 0 Å². The number of hydrogen-bond donors (Lipinski definition) is 1. The van der Waals surface area contributed by atoms with Gasteiger partial charge in [-0.3, -0.25) is 0 Å². The van der Waals surface area contributed by atoms with E-state index in [4.69, 9.17) is 9.47 Å². The van der Waals surface area contributed by atoms with Crippen molar-refractivity contribution < 1.29 is 9.47 Å². The van der Waals surface area contributed by atoms with Crippen LogP contribution in [0.5, 0.6) is 0 Å². The molecule has 1 unspecified atom stereocenters. The molecule has 1 heterocycles. The van der Waals surface area contributed by atoms with Gasteiger partial charge in [0, 0.05) is 26.3 Å². The third-order valence-corrected chi connectivity index (χ3v) is 3.25. The number of hydrogen-bond acceptors (Lipinski definition) is 3. The van der Waals surface area contributed by atoms with Crippen molar-refractivity contribution in [3.05, 3.63) is 0 Å². The minimum absolute atomic E-state index is 0.733. The smallest absolute Gasteiger partial charge is 0.0590 e. The molecule has 0 amide bonds. The third-order valence-electron chi connectivity index (χ3n) is 3.25. The van der Waals surface area contributed by atoms with Crippen molar-refractivity contribution in [2.75, 3.05) is 39.5 Å². The van der Waals surface area contributed by atoms with Gasteiger partial charge in [0.05, 0.1) is 13.2 Å². The highest BCUT2D eigenvalue weighted by molar-refractivity contribution is 4.72. The molecule has 3 heteroatoms. The lowest BCUT2D eigenvalue weighted by atomic mass is 10.1. The second-order valence-corrected chi connectivity index (χ2v) is 4.78. The van der Waals surface area contributed by atoms with Gasteiger partial charge in [0.25, 0.3) is 0 Å². The fourth-order valence-electron chi connectivity index (χ4n) is 1.95. The van der Waals surface area contributed by atoms with Crippen molar-refractivity contribution in [2.24, 2.45) is 11.8 Å². The fraction of sp³-hybridized carbons (Fsp3) is 1.00. The number of nitrogens with one attached hydrogen (secondary N) is 1. The van der Waals surface area contributed by atoms with E-state index in [0.29, 0.717) is 0 Å². The first-order valence-electron chi connectivity index (χ1n) is 6.31. The van der Waals surface area contributed by atoms with Crippen molar-refractivity contribution in [1.82, 2.24) is 5.32 Å². The number of rotatable bonds is 8. The molecule has 1 atom stereocenters. The minimum atomic E-state index is 0.733. The van der Waals surface area contributed by atoms with E-state index in [1.807, 2.05) is 0 Å². The highest BCUT2D eigenvalue weighted by Crippen LogP contribution is 2.31. The van der Waals surface area contributed by atoms with E-state index in [0.717, 1.165) is 51.4 Å². The first-order chi connectivity index (χ1) is 7.45. The second kappa shape index (κ2) is 6.46. The molecule has 1 saturated carbocycles. The Morgan fingerprint density at radius 3 is 2.80 bits per heavy atom. The summed E-state index contributed by atoms with van der Waals surface area (Å²) in [5.41, 5.74) is 0. The first kappa shape index (κ1) is 11.4. The van der Waals surface area contributed by atoms with Gasteiger partial charge >= 0.3 is 0 Å². The van der Waals surface area contributed by atoms with Gasteiger partial charge in [-0.25, -0.2) is 0 Å². The molecule has 1 aliphatic carbocycles. The SMILES string of the molecule is C(COCCC1CC1)NCC1CCOC1. The summed E-state index contributed by atoms with van der Waals surface area (Å²) in [5.74, 6) is 1.73. The molecule has 0 spiro atoms. The molecule has 1 saturated heterocycles. The number of ether oxygens (including phenoxy) is 2. The van der Waals surface area contributed by atoms with Gasteiger partial charge in [-0.1, -0.05) is 12.8 Å². The van der Waals surface area contributed by atoms with Crippen LogP contribution >= 0.6 is 0 Å². The highest BCUT2D eigenvalue weighted by atomic mass is 16.5. The lowest BCUT2D eigenvalue weighted by Crippen LogP contribution is -2.26. The van der Waals surface area contributed by atoms with Gasteiger partial charge in [-0.15, -0.1) is 0 Å². The van der Waals surface area contributed by atoms with Crippen LogP contribution in [-0.2, 0) is 9.47 Å². The molecule has 3 nitrogen and oxygen atoms in total. The first-order valence-corrected chi connectivity index (χ1v) is 6.31. The van der Waals surface area contributed by atoms with Gasteiger partial charge in [0.15, 0.2) is 0 Å². The van der Waals surface area contributed by atoms with Crippen LogP contribution in [-0.4, -0.2) is 39.5 Å². The summed E-state index contributed by atoms with van der Waals surface area (Å²) in [7, 11) is 0.